The number of carbonyl (C=O) groups is 2. The number of rotatable bonds is 6. The van der Waals surface area contributed by atoms with Gasteiger partial charge >= 0.3 is 0 Å². The molecule has 0 aliphatic carbocycles. The molecule has 2 saturated heterocycles. The monoisotopic (exact) mass is 567 g/mol. The summed E-state index contributed by atoms with van der Waals surface area (Å²) < 4.78 is 0. The highest BCUT2D eigenvalue weighted by atomic mass is 35.5. The zero-order chi connectivity index (χ0) is 27.5. The maximum atomic E-state index is 13.0. The molecule has 9 nitrogen and oxygen atoms in total. The van der Waals surface area contributed by atoms with E-state index in [1.165, 1.54) is 17.4 Å². The molecule has 0 unspecified atom stereocenters. The SMILES string of the molecule is CC1CCN(c2ccc(C(=O)Nc3ccc(N4CCN(C(=O)c5cccs5)CC4)c(Cl)c3)cc2[N+](=O)[O-])CC1. The van der Waals surface area contributed by atoms with Gasteiger partial charge in [-0.15, -0.1) is 11.3 Å². The number of nitro groups is 1. The van der Waals surface area contributed by atoms with Crippen LogP contribution in [0.15, 0.2) is 53.9 Å². The molecule has 204 valence electrons. The molecule has 39 heavy (non-hydrogen) atoms. The fourth-order valence-corrected chi connectivity index (χ4v) is 6.07. The van der Waals surface area contributed by atoms with Gasteiger partial charge in [-0.3, -0.25) is 19.7 Å². The molecule has 2 aliphatic rings. The van der Waals surface area contributed by atoms with E-state index in [1.807, 2.05) is 33.4 Å². The first-order chi connectivity index (χ1) is 18.8. The Morgan fingerprint density at radius 1 is 0.974 bits per heavy atom. The standard InChI is InChI=1S/C28H30ClN5O4S/c1-19-8-10-31(11-9-19)24-6-4-20(17-25(24)34(37)38)27(35)30-21-5-7-23(22(29)18-21)32-12-14-33(15-13-32)28(36)26-3-2-16-39-26/h2-7,16-19H,8-15H2,1H3,(H,30,35). The molecule has 3 aromatic rings. The minimum atomic E-state index is -0.443. The Morgan fingerprint density at radius 3 is 2.31 bits per heavy atom. The van der Waals surface area contributed by atoms with Crippen LogP contribution < -0.4 is 15.1 Å². The molecule has 2 aromatic carbocycles. The molecule has 5 rings (SSSR count). The second-order valence-electron chi connectivity index (χ2n) is 10.0. The summed E-state index contributed by atoms with van der Waals surface area (Å²) >= 11 is 8.03. The van der Waals surface area contributed by atoms with Crippen LogP contribution in [0.4, 0.5) is 22.7 Å². The van der Waals surface area contributed by atoms with Crippen LogP contribution in [0.25, 0.3) is 0 Å². The van der Waals surface area contributed by atoms with Crippen molar-refractivity contribution in [3.63, 3.8) is 0 Å². The summed E-state index contributed by atoms with van der Waals surface area (Å²) in [4.78, 5) is 43.7. The van der Waals surface area contributed by atoms with Crippen molar-refractivity contribution in [1.82, 2.24) is 4.90 Å². The number of carbonyl (C=O) groups excluding carboxylic acids is 2. The summed E-state index contributed by atoms with van der Waals surface area (Å²) in [5.41, 5.74) is 2.02. The van der Waals surface area contributed by atoms with Gasteiger partial charge in [-0.2, -0.15) is 0 Å². The van der Waals surface area contributed by atoms with Crippen LogP contribution in [0.1, 0.15) is 39.8 Å². The summed E-state index contributed by atoms with van der Waals surface area (Å²) in [7, 11) is 0. The molecular weight excluding hydrogens is 538 g/mol. The number of nitrogens with zero attached hydrogens (tertiary/aromatic N) is 4. The van der Waals surface area contributed by atoms with E-state index < -0.39 is 10.8 Å². The van der Waals surface area contributed by atoms with E-state index in [2.05, 4.69) is 17.1 Å². The van der Waals surface area contributed by atoms with Crippen LogP contribution in [0, 0.1) is 16.0 Å². The molecule has 1 aromatic heterocycles. The van der Waals surface area contributed by atoms with Crippen molar-refractivity contribution in [2.24, 2.45) is 5.92 Å². The topological polar surface area (TPSA) is 99.0 Å². The second kappa shape index (κ2) is 11.6. The smallest absolute Gasteiger partial charge is 0.293 e. The summed E-state index contributed by atoms with van der Waals surface area (Å²) in [5.74, 6) is 0.211. The van der Waals surface area contributed by atoms with Gasteiger partial charge < -0.3 is 20.0 Å². The van der Waals surface area contributed by atoms with Crippen molar-refractivity contribution in [1.29, 1.82) is 0 Å². The zero-order valence-electron chi connectivity index (χ0n) is 21.6. The third kappa shape index (κ3) is 6.02. The van der Waals surface area contributed by atoms with Crippen molar-refractivity contribution >= 4 is 57.5 Å². The zero-order valence-corrected chi connectivity index (χ0v) is 23.2. The van der Waals surface area contributed by atoms with Gasteiger partial charge in [0.05, 0.1) is 20.5 Å². The first-order valence-corrected chi connectivity index (χ1v) is 14.3. The highest BCUT2D eigenvalue weighted by Gasteiger charge is 2.26. The van der Waals surface area contributed by atoms with E-state index in [4.69, 9.17) is 11.6 Å². The molecule has 2 amide bonds. The Labute approximate surface area is 236 Å². The maximum absolute atomic E-state index is 13.0. The average Bonchev–Trinajstić information content (AvgIpc) is 3.48. The number of thiophene rings is 1. The van der Waals surface area contributed by atoms with Crippen molar-refractivity contribution in [3.05, 3.63) is 79.5 Å². The molecular formula is C28H30ClN5O4S. The molecule has 3 heterocycles. The highest BCUT2D eigenvalue weighted by Crippen LogP contribution is 2.33. The fraction of sp³-hybridized carbons (Fsp3) is 0.357. The number of nitrogens with one attached hydrogen (secondary N) is 1. The number of hydrogen-bond donors (Lipinski definition) is 1. The number of piperazine rings is 1. The predicted molar refractivity (Wildman–Crippen MR) is 156 cm³/mol. The van der Waals surface area contributed by atoms with Gasteiger partial charge in [-0.25, -0.2) is 0 Å². The first-order valence-electron chi connectivity index (χ1n) is 13.0. The second-order valence-corrected chi connectivity index (χ2v) is 11.4. The van der Waals surface area contributed by atoms with Crippen LogP contribution >= 0.6 is 22.9 Å². The lowest BCUT2D eigenvalue weighted by Crippen LogP contribution is -2.48. The highest BCUT2D eigenvalue weighted by molar-refractivity contribution is 7.12. The van der Waals surface area contributed by atoms with Crippen LogP contribution in [0.3, 0.4) is 0 Å². The van der Waals surface area contributed by atoms with Crippen molar-refractivity contribution < 1.29 is 14.5 Å². The lowest BCUT2D eigenvalue weighted by molar-refractivity contribution is -0.384. The predicted octanol–water partition coefficient (Wildman–Crippen LogP) is 5.76. The summed E-state index contributed by atoms with van der Waals surface area (Å²) in [6.07, 6.45) is 1.97. The first kappa shape index (κ1) is 27.0. The van der Waals surface area contributed by atoms with E-state index in [0.29, 0.717) is 48.5 Å². The molecule has 2 aliphatic heterocycles. The minimum Gasteiger partial charge on any atom is -0.367 e. The number of nitro benzene ring substituents is 1. The molecule has 0 bridgehead atoms. The van der Waals surface area contributed by atoms with Gasteiger partial charge in [0.25, 0.3) is 17.5 Å². The number of benzene rings is 2. The van der Waals surface area contributed by atoms with Gasteiger partial charge in [-0.1, -0.05) is 24.6 Å². The summed E-state index contributed by atoms with van der Waals surface area (Å²) in [5, 5.41) is 17.0. The Hall–Kier alpha value is -3.63. The normalized spacial score (nSPS) is 16.3. The third-order valence-electron chi connectivity index (χ3n) is 7.40. The van der Waals surface area contributed by atoms with Crippen LogP contribution in [0.5, 0.6) is 0 Å². The maximum Gasteiger partial charge on any atom is 0.293 e. The van der Waals surface area contributed by atoms with Crippen molar-refractivity contribution in [3.8, 4) is 0 Å². The van der Waals surface area contributed by atoms with E-state index >= 15 is 0 Å². The van der Waals surface area contributed by atoms with Gasteiger partial charge in [0.2, 0.25) is 0 Å². The number of halogens is 1. The van der Waals surface area contributed by atoms with Gasteiger partial charge in [0.1, 0.15) is 5.69 Å². The Morgan fingerprint density at radius 2 is 1.67 bits per heavy atom. The van der Waals surface area contributed by atoms with Gasteiger partial charge in [-0.05, 0) is 60.5 Å². The van der Waals surface area contributed by atoms with E-state index in [-0.39, 0.29) is 17.2 Å². The molecule has 0 atom stereocenters. The summed E-state index contributed by atoms with van der Waals surface area (Å²) in [6, 6.07) is 13.6. The lowest BCUT2D eigenvalue weighted by Gasteiger charge is -2.36. The van der Waals surface area contributed by atoms with Crippen LogP contribution in [-0.4, -0.2) is 60.9 Å². The largest absolute Gasteiger partial charge is 0.367 e. The lowest BCUT2D eigenvalue weighted by atomic mass is 9.98. The van der Waals surface area contributed by atoms with Gasteiger partial charge in [0, 0.05) is 56.6 Å². The van der Waals surface area contributed by atoms with Gasteiger partial charge in [0.15, 0.2) is 0 Å². The molecule has 11 heteroatoms. The minimum absolute atomic E-state index is 0.0487. The third-order valence-corrected chi connectivity index (χ3v) is 8.56. The van der Waals surface area contributed by atoms with E-state index in [0.717, 1.165) is 36.5 Å². The molecule has 1 N–H and O–H groups in total. The van der Waals surface area contributed by atoms with E-state index in [1.54, 1.807) is 24.3 Å². The number of piperidine rings is 1. The van der Waals surface area contributed by atoms with Crippen LogP contribution in [-0.2, 0) is 0 Å². The number of anilines is 3. The Kier molecular flexibility index (Phi) is 8.04. The Bertz CT molecular complexity index is 1370. The average molecular weight is 568 g/mol. The molecule has 2 fully saturated rings. The van der Waals surface area contributed by atoms with Crippen LogP contribution in [0.2, 0.25) is 5.02 Å². The number of amides is 2. The fourth-order valence-electron chi connectivity index (χ4n) is 5.08. The van der Waals surface area contributed by atoms with Crippen molar-refractivity contribution in [2.45, 2.75) is 19.8 Å². The quantitative estimate of drug-likeness (QED) is 0.300. The Balaban J connectivity index is 1.23. The van der Waals surface area contributed by atoms with E-state index in [9.17, 15) is 19.7 Å². The van der Waals surface area contributed by atoms with Crippen molar-refractivity contribution in [2.75, 3.05) is 54.4 Å². The molecule has 0 radical (unpaired) electrons. The number of hydrogen-bond acceptors (Lipinski definition) is 7. The molecule has 0 saturated carbocycles. The summed E-state index contributed by atoms with van der Waals surface area (Å²) in [6.45, 7) is 6.20. The molecule has 0 spiro atoms.